The first-order chi connectivity index (χ1) is 16.6. The Morgan fingerprint density at radius 2 is 1.69 bits per heavy atom. The Morgan fingerprint density at radius 3 is 2.28 bits per heavy atom. The van der Waals surface area contributed by atoms with Crippen molar-refractivity contribution in [1.29, 1.82) is 0 Å². The summed E-state index contributed by atoms with van der Waals surface area (Å²) in [6.45, 7) is 11.5. The molecule has 0 spiro atoms. The van der Waals surface area contributed by atoms with Gasteiger partial charge in [-0.1, -0.05) is 41.9 Å². The van der Waals surface area contributed by atoms with Gasteiger partial charge in [-0.15, -0.1) is 0 Å². The van der Waals surface area contributed by atoms with Gasteiger partial charge in [0.1, 0.15) is 6.04 Å². The predicted molar refractivity (Wildman–Crippen MR) is 147 cm³/mol. The molecule has 1 N–H and O–H groups in total. The van der Waals surface area contributed by atoms with Crippen LogP contribution in [-0.4, -0.2) is 49.5 Å². The van der Waals surface area contributed by atoms with Crippen molar-refractivity contribution in [3.8, 4) is 0 Å². The number of aryl methyl sites for hydroxylation is 1. The summed E-state index contributed by atoms with van der Waals surface area (Å²) in [5.41, 5.74) is 2.75. The van der Waals surface area contributed by atoms with Gasteiger partial charge in [-0.05, 0) is 76.8 Å². The van der Waals surface area contributed by atoms with E-state index in [9.17, 15) is 18.0 Å². The summed E-state index contributed by atoms with van der Waals surface area (Å²) in [7, 11) is -3.55. The first-order valence-electron chi connectivity index (χ1n) is 12.0. The molecule has 0 aliphatic rings. The third kappa shape index (κ3) is 8.23. The van der Waals surface area contributed by atoms with Crippen LogP contribution in [0.25, 0.3) is 0 Å². The summed E-state index contributed by atoms with van der Waals surface area (Å²) < 4.78 is 26.5. The number of anilines is 1. The molecule has 0 aliphatic carbocycles. The number of nitrogens with one attached hydrogen (secondary N) is 1. The van der Waals surface area contributed by atoms with Crippen LogP contribution < -0.4 is 9.62 Å². The zero-order valence-electron chi connectivity index (χ0n) is 22.3. The number of nitrogens with zero attached hydrogens (tertiary/aromatic N) is 2. The molecule has 2 amide bonds. The molecule has 0 heterocycles. The van der Waals surface area contributed by atoms with E-state index >= 15 is 0 Å². The molecule has 0 aromatic heterocycles. The second-order valence-corrected chi connectivity index (χ2v) is 12.5. The lowest BCUT2D eigenvalue weighted by Gasteiger charge is -2.32. The smallest absolute Gasteiger partial charge is 0.242 e. The highest BCUT2D eigenvalue weighted by Crippen LogP contribution is 2.26. The lowest BCUT2D eigenvalue weighted by atomic mass is 10.1. The summed E-state index contributed by atoms with van der Waals surface area (Å²) >= 11 is 6.34. The van der Waals surface area contributed by atoms with Crippen molar-refractivity contribution in [2.24, 2.45) is 0 Å². The maximum atomic E-state index is 13.4. The molecule has 2 aromatic rings. The van der Waals surface area contributed by atoms with Gasteiger partial charge in [-0.2, -0.15) is 0 Å². The van der Waals surface area contributed by atoms with Crippen molar-refractivity contribution in [2.45, 2.75) is 72.5 Å². The molecule has 0 saturated heterocycles. The molecule has 1 atom stereocenters. The highest BCUT2D eigenvalue weighted by molar-refractivity contribution is 7.92. The quantitative estimate of drug-likeness (QED) is 0.472. The van der Waals surface area contributed by atoms with Crippen molar-refractivity contribution in [2.75, 3.05) is 17.1 Å². The first-order valence-corrected chi connectivity index (χ1v) is 14.2. The molecule has 2 rings (SSSR count). The highest BCUT2D eigenvalue weighted by Gasteiger charge is 2.29. The third-order valence-corrected chi connectivity index (χ3v) is 7.51. The summed E-state index contributed by atoms with van der Waals surface area (Å²) in [5, 5.41) is 3.44. The molecule has 2 aromatic carbocycles. The van der Waals surface area contributed by atoms with Crippen LogP contribution in [0, 0.1) is 13.8 Å². The Morgan fingerprint density at radius 1 is 1.06 bits per heavy atom. The van der Waals surface area contributed by atoms with Crippen molar-refractivity contribution in [3.05, 3.63) is 64.2 Å². The summed E-state index contributed by atoms with van der Waals surface area (Å²) in [5.74, 6) is -0.517. The van der Waals surface area contributed by atoms with E-state index in [-0.39, 0.29) is 31.3 Å². The van der Waals surface area contributed by atoms with Crippen LogP contribution in [0.5, 0.6) is 0 Å². The number of halogens is 1. The minimum Gasteiger partial charge on any atom is -0.350 e. The number of carbonyl (C=O) groups excluding carboxylic acids is 2. The lowest BCUT2D eigenvalue weighted by molar-refractivity contribution is -0.141. The Kier molecular flexibility index (Phi) is 9.97. The van der Waals surface area contributed by atoms with Crippen LogP contribution in [0.4, 0.5) is 5.69 Å². The van der Waals surface area contributed by atoms with Gasteiger partial charge in [-0.25, -0.2) is 8.42 Å². The molecule has 0 radical (unpaired) electrons. The molecule has 9 heteroatoms. The number of sulfonamides is 1. The van der Waals surface area contributed by atoms with Gasteiger partial charge in [0.2, 0.25) is 21.8 Å². The monoisotopic (exact) mass is 535 g/mol. The van der Waals surface area contributed by atoms with E-state index in [0.29, 0.717) is 17.1 Å². The maximum Gasteiger partial charge on any atom is 0.242 e. The molecule has 0 aliphatic heterocycles. The minimum atomic E-state index is -3.55. The van der Waals surface area contributed by atoms with Crippen LogP contribution >= 0.6 is 11.6 Å². The van der Waals surface area contributed by atoms with E-state index < -0.39 is 21.6 Å². The molecule has 0 saturated carbocycles. The van der Waals surface area contributed by atoms with Crippen LogP contribution in [0.1, 0.15) is 57.2 Å². The highest BCUT2D eigenvalue weighted by atomic mass is 35.5. The van der Waals surface area contributed by atoms with Crippen molar-refractivity contribution >= 4 is 39.1 Å². The van der Waals surface area contributed by atoms with Crippen LogP contribution in [0.3, 0.4) is 0 Å². The lowest BCUT2D eigenvalue weighted by Crippen LogP contribution is -2.52. The SMILES string of the molecule is Cc1cccc(N(CCCC(=O)N(Cc2ccccc2Cl)C(C)C(=O)NC(C)(C)C)S(C)(=O)=O)c1C. The minimum absolute atomic E-state index is 0.0779. The molecule has 0 fully saturated rings. The van der Waals surface area contributed by atoms with Crippen LogP contribution in [-0.2, 0) is 26.2 Å². The molecule has 198 valence electrons. The third-order valence-electron chi connectivity index (χ3n) is 5.96. The number of rotatable bonds is 10. The molecule has 7 nitrogen and oxygen atoms in total. The van der Waals surface area contributed by atoms with E-state index in [2.05, 4.69) is 5.32 Å². The molecule has 36 heavy (non-hydrogen) atoms. The number of amides is 2. The summed E-state index contributed by atoms with van der Waals surface area (Å²) in [4.78, 5) is 27.8. The zero-order valence-corrected chi connectivity index (χ0v) is 23.8. The van der Waals surface area contributed by atoms with Gasteiger partial charge in [-0.3, -0.25) is 13.9 Å². The van der Waals surface area contributed by atoms with E-state index in [1.807, 2.05) is 58.9 Å². The van der Waals surface area contributed by atoms with Gasteiger partial charge < -0.3 is 10.2 Å². The Hall–Kier alpha value is -2.58. The van der Waals surface area contributed by atoms with Gasteiger partial charge >= 0.3 is 0 Å². The van der Waals surface area contributed by atoms with Gasteiger partial charge in [0, 0.05) is 30.1 Å². The van der Waals surface area contributed by atoms with E-state index in [0.717, 1.165) is 16.7 Å². The fourth-order valence-corrected chi connectivity index (χ4v) is 5.07. The topological polar surface area (TPSA) is 86.8 Å². The first kappa shape index (κ1) is 29.6. The number of benzene rings is 2. The zero-order chi connectivity index (χ0) is 27.3. The van der Waals surface area contributed by atoms with Crippen LogP contribution in [0.2, 0.25) is 5.02 Å². The van der Waals surface area contributed by atoms with E-state index in [1.165, 1.54) is 15.5 Å². The normalized spacial score (nSPS) is 12.7. The largest absolute Gasteiger partial charge is 0.350 e. The summed E-state index contributed by atoms with van der Waals surface area (Å²) in [6.07, 6.45) is 1.54. The average molecular weight is 536 g/mol. The fourth-order valence-electron chi connectivity index (χ4n) is 3.86. The van der Waals surface area contributed by atoms with Crippen molar-refractivity contribution in [3.63, 3.8) is 0 Å². The second-order valence-electron chi connectivity index (χ2n) is 10.2. The van der Waals surface area contributed by atoms with Gasteiger partial charge in [0.25, 0.3) is 0 Å². The predicted octanol–water partition coefficient (Wildman–Crippen LogP) is 4.84. The number of carbonyl (C=O) groups is 2. The van der Waals surface area contributed by atoms with Gasteiger partial charge in [0.15, 0.2) is 0 Å². The standard InChI is InChI=1S/C27H38ClN3O4S/c1-19-12-10-15-24(20(19)2)31(36(7,34)35)17-11-16-25(32)30(18-22-13-8-9-14-23(22)28)21(3)26(33)29-27(4,5)6/h8-10,12-15,21H,11,16-18H2,1-7H3,(H,29,33). The molecule has 0 bridgehead atoms. The Labute approximate surface area is 220 Å². The van der Waals surface area contributed by atoms with E-state index in [4.69, 9.17) is 11.6 Å². The number of hydrogen-bond acceptors (Lipinski definition) is 4. The van der Waals surface area contributed by atoms with Crippen molar-refractivity contribution in [1.82, 2.24) is 10.2 Å². The van der Waals surface area contributed by atoms with Crippen LogP contribution in [0.15, 0.2) is 42.5 Å². The van der Waals surface area contributed by atoms with E-state index in [1.54, 1.807) is 25.1 Å². The average Bonchev–Trinajstić information content (AvgIpc) is 2.76. The summed E-state index contributed by atoms with van der Waals surface area (Å²) in [6, 6.07) is 12.0. The molecular formula is C27H38ClN3O4S. The van der Waals surface area contributed by atoms with Crippen molar-refractivity contribution < 1.29 is 18.0 Å². The fraction of sp³-hybridized carbons (Fsp3) is 0.481. The Balaban J connectivity index is 2.24. The van der Waals surface area contributed by atoms with Gasteiger partial charge in [0.05, 0.1) is 11.9 Å². The Bertz CT molecular complexity index is 1190. The molecular weight excluding hydrogens is 498 g/mol. The molecule has 1 unspecified atom stereocenters. The number of hydrogen-bond donors (Lipinski definition) is 1. The maximum absolute atomic E-state index is 13.4. The second kappa shape index (κ2) is 12.1.